The molecule has 0 aliphatic carbocycles. The van der Waals surface area contributed by atoms with Crippen LogP contribution in [0.4, 0.5) is 0 Å². The molecule has 0 radical (unpaired) electrons. The van der Waals surface area contributed by atoms with Gasteiger partial charge in [-0.2, -0.15) is 0 Å². The molecule has 1 atom stereocenters. The minimum absolute atomic E-state index is 0.122. The standard InChI is InChI=1S/C57H90O6/c1-4-7-10-13-16-19-22-24-26-28-29-31-32-35-38-41-44-47-50-56(59)62-53-54(52-61-55(58)49-46-43-40-37-34-21-18-15-12-9-6-3)63-57(60)51-48-45-42-39-36-33-30-27-25-23-20-17-14-11-8-5-2/h9-10,12-13,16,18-19,21-22,24,26-31,33,36-37,40,54H,4-8,11,14-15,17,20,23,25,32,34-35,38-39,41-53H2,1-3H3/b12-9-,13-10-,19-16-,21-18-,24-22-,28-26-,30-27-,31-29-,36-33-,40-37-. The lowest BCUT2D eigenvalue weighted by Gasteiger charge is -2.18. The second-order valence-electron chi connectivity index (χ2n) is 16.1. The molecule has 0 N–H and O–H groups in total. The quantitative estimate of drug-likeness (QED) is 0.0200. The lowest BCUT2D eigenvalue weighted by Crippen LogP contribution is -2.30. The average Bonchev–Trinajstić information content (AvgIpc) is 3.28. The van der Waals surface area contributed by atoms with Gasteiger partial charge in [-0.05, 0) is 89.9 Å². The molecule has 0 bridgehead atoms. The van der Waals surface area contributed by atoms with Gasteiger partial charge in [-0.3, -0.25) is 14.4 Å². The smallest absolute Gasteiger partial charge is 0.306 e. The molecule has 0 aliphatic rings. The van der Waals surface area contributed by atoms with Crippen molar-refractivity contribution in [3.05, 3.63) is 122 Å². The lowest BCUT2D eigenvalue weighted by atomic mass is 10.1. The molecule has 0 spiro atoms. The van der Waals surface area contributed by atoms with Gasteiger partial charge >= 0.3 is 17.9 Å². The molecule has 0 aromatic carbocycles. The summed E-state index contributed by atoms with van der Waals surface area (Å²) in [5.74, 6) is -1.04. The monoisotopic (exact) mass is 871 g/mol. The fourth-order valence-electron chi connectivity index (χ4n) is 6.31. The summed E-state index contributed by atoms with van der Waals surface area (Å²) in [6.45, 7) is 6.31. The first-order valence-electron chi connectivity index (χ1n) is 25.1. The highest BCUT2D eigenvalue weighted by Gasteiger charge is 2.19. The van der Waals surface area contributed by atoms with Crippen LogP contribution in [0.1, 0.15) is 201 Å². The normalized spacial score (nSPS) is 13.1. The minimum atomic E-state index is -0.825. The summed E-state index contributed by atoms with van der Waals surface area (Å²) >= 11 is 0. The van der Waals surface area contributed by atoms with Gasteiger partial charge in [0, 0.05) is 19.3 Å². The molecule has 0 saturated carbocycles. The third-order valence-electron chi connectivity index (χ3n) is 10.1. The summed E-state index contributed by atoms with van der Waals surface area (Å²) in [5.41, 5.74) is 0. The maximum Gasteiger partial charge on any atom is 0.306 e. The SMILES string of the molecule is CC/C=C\C/C=C\C/C=C\CCCC(=O)OCC(COC(=O)CCCCCCC\C=C/C=C\C=C/C=C\C=C/CCC)OC(=O)CCCCC/C=C\C=C/CCCCCCCCC. The van der Waals surface area contributed by atoms with Gasteiger partial charge in [0.25, 0.3) is 0 Å². The molecule has 1 unspecified atom stereocenters. The Bertz CT molecular complexity index is 1370. The highest BCUT2D eigenvalue weighted by molar-refractivity contribution is 5.71. The predicted octanol–water partition coefficient (Wildman–Crippen LogP) is 16.5. The van der Waals surface area contributed by atoms with Crippen molar-refractivity contribution in [2.75, 3.05) is 13.2 Å². The Hall–Kier alpha value is -4.19. The molecular weight excluding hydrogens is 781 g/mol. The van der Waals surface area contributed by atoms with Crippen LogP contribution >= 0.6 is 0 Å². The number of hydrogen-bond donors (Lipinski definition) is 0. The van der Waals surface area contributed by atoms with Crippen LogP contribution < -0.4 is 0 Å². The van der Waals surface area contributed by atoms with Crippen LogP contribution in [0.2, 0.25) is 0 Å². The third kappa shape index (κ3) is 48.7. The van der Waals surface area contributed by atoms with Gasteiger partial charge < -0.3 is 14.2 Å². The Balaban J connectivity index is 4.54. The van der Waals surface area contributed by atoms with Crippen molar-refractivity contribution < 1.29 is 28.6 Å². The van der Waals surface area contributed by atoms with Gasteiger partial charge in [0.1, 0.15) is 13.2 Å². The number of carbonyl (C=O) groups is 3. The van der Waals surface area contributed by atoms with Crippen LogP contribution in [-0.4, -0.2) is 37.2 Å². The molecule has 354 valence electrons. The van der Waals surface area contributed by atoms with E-state index in [-0.39, 0.29) is 44.0 Å². The Morgan fingerprint density at radius 2 is 0.730 bits per heavy atom. The van der Waals surface area contributed by atoms with E-state index in [1.165, 1.54) is 51.4 Å². The van der Waals surface area contributed by atoms with E-state index in [1.54, 1.807) is 0 Å². The predicted molar refractivity (Wildman–Crippen MR) is 269 cm³/mol. The highest BCUT2D eigenvalue weighted by atomic mass is 16.6. The summed E-state index contributed by atoms with van der Waals surface area (Å²) in [5, 5.41) is 0. The number of allylic oxidation sites excluding steroid dienone is 20. The van der Waals surface area contributed by atoms with E-state index >= 15 is 0 Å². The summed E-state index contributed by atoms with van der Waals surface area (Å²) in [6, 6.07) is 0. The van der Waals surface area contributed by atoms with E-state index < -0.39 is 6.10 Å². The molecule has 0 saturated heterocycles. The number of ether oxygens (including phenoxy) is 3. The van der Waals surface area contributed by atoms with E-state index in [9.17, 15) is 14.4 Å². The second kappa shape index (κ2) is 50.5. The van der Waals surface area contributed by atoms with Crippen molar-refractivity contribution in [1.82, 2.24) is 0 Å². The lowest BCUT2D eigenvalue weighted by molar-refractivity contribution is -0.167. The van der Waals surface area contributed by atoms with E-state index in [0.29, 0.717) is 19.3 Å². The Morgan fingerprint density at radius 3 is 1.25 bits per heavy atom. The van der Waals surface area contributed by atoms with Crippen LogP contribution in [0.5, 0.6) is 0 Å². The Morgan fingerprint density at radius 1 is 0.349 bits per heavy atom. The second-order valence-corrected chi connectivity index (χ2v) is 16.1. The number of esters is 3. The van der Waals surface area contributed by atoms with Crippen molar-refractivity contribution >= 4 is 17.9 Å². The fraction of sp³-hybridized carbons (Fsp3) is 0.596. The molecule has 6 heteroatoms. The van der Waals surface area contributed by atoms with E-state index in [4.69, 9.17) is 14.2 Å². The van der Waals surface area contributed by atoms with Gasteiger partial charge in [-0.15, -0.1) is 0 Å². The maximum absolute atomic E-state index is 12.8. The summed E-state index contributed by atoms with van der Waals surface area (Å²) in [6.07, 6.45) is 69.0. The van der Waals surface area contributed by atoms with Crippen LogP contribution in [0, 0.1) is 0 Å². The molecule has 63 heavy (non-hydrogen) atoms. The Labute approximate surface area is 386 Å². The minimum Gasteiger partial charge on any atom is -0.462 e. The van der Waals surface area contributed by atoms with Crippen molar-refractivity contribution in [3.63, 3.8) is 0 Å². The average molecular weight is 871 g/mol. The number of hydrogen-bond acceptors (Lipinski definition) is 6. The molecular formula is C57H90O6. The van der Waals surface area contributed by atoms with Gasteiger partial charge in [0.05, 0.1) is 0 Å². The fourth-order valence-corrected chi connectivity index (χ4v) is 6.31. The van der Waals surface area contributed by atoms with Gasteiger partial charge in [0.2, 0.25) is 0 Å². The molecule has 6 nitrogen and oxygen atoms in total. The molecule has 0 aromatic rings. The number of carbonyl (C=O) groups excluding carboxylic acids is 3. The van der Waals surface area contributed by atoms with Crippen molar-refractivity contribution in [2.24, 2.45) is 0 Å². The molecule has 0 aliphatic heterocycles. The largest absolute Gasteiger partial charge is 0.462 e. The van der Waals surface area contributed by atoms with E-state index in [2.05, 4.69) is 106 Å². The topological polar surface area (TPSA) is 78.9 Å². The van der Waals surface area contributed by atoms with Gasteiger partial charge in [0.15, 0.2) is 6.10 Å². The van der Waals surface area contributed by atoms with Gasteiger partial charge in [-0.25, -0.2) is 0 Å². The molecule has 0 aromatic heterocycles. The van der Waals surface area contributed by atoms with Crippen molar-refractivity contribution in [2.45, 2.75) is 207 Å². The zero-order chi connectivity index (χ0) is 45.8. The van der Waals surface area contributed by atoms with E-state index in [1.807, 2.05) is 36.5 Å². The first-order chi connectivity index (χ1) is 31.0. The highest BCUT2D eigenvalue weighted by Crippen LogP contribution is 2.12. The zero-order valence-corrected chi connectivity index (χ0v) is 40.3. The Kier molecular flexibility index (Phi) is 47.1. The summed E-state index contributed by atoms with van der Waals surface area (Å²) < 4.78 is 16.7. The van der Waals surface area contributed by atoms with Crippen LogP contribution in [0.3, 0.4) is 0 Å². The number of unbranched alkanes of at least 4 members (excludes halogenated alkanes) is 17. The maximum atomic E-state index is 12.8. The number of rotatable bonds is 43. The van der Waals surface area contributed by atoms with Crippen molar-refractivity contribution in [1.29, 1.82) is 0 Å². The molecule has 0 rings (SSSR count). The van der Waals surface area contributed by atoms with Crippen LogP contribution in [-0.2, 0) is 28.6 Å². The first-order valence-corrected chi connectivity index (χ1v) is 25.1. The molecule has 0 amide bonds. The summed E-state index contributed by atoms with van der Waals surface area (Å²) in [4.78, 5) is 37.9. The first kappa shape index (κ1) is 58.8. The van der Waals surface area contributed by atoms with Crippen LogP contribution in [0.15, 0.2) is 122 Å². The molecule has 0 heterocycles. The zero-order valence-electron chi connectivity index (χ0n) is 40.3. The van der Waals surface area contributed by atoms with Gasteiger partial charge in [-0.1, -0.05) is 213 Å². The van der Waals surface area contributed by atoms with Crippen molar-refractivity contribution in [3.8, 4) is 0 Å². The van der Waals surface area contributed by atoms with E-state index in [0.717, 1.165) is 96.3 Å². The van der Waals surface area contributed by atoms with Crippen LogP contribution in [0.25, 0.3) is 0 Å². The third-order valence-corrected chi connectivity index (χ3v) is 10.1. The summed E-state index contributed by atoms with van der Waals surface area (Å²) in [7, 11) is 0. The molecule has 0 fully saturated rings.